The number of hydrogen-bond donors (Lipinski definition) is 2. The standard InChI is InChI=1S/C23H27N3O3/c1-3-4-14-29-21-12-10-20(11-13-21)23(28)24-17-22(27)26-25-16-18(2)15-19-8-6-5-7-9-19/h5-13,15-16H,3-4,14,17H2,1-2H3,(H,24,28)(H,26,27)/b18-15-,25-16-. The van der Waals surface area contributed by atoms with Gasteiger partial charge >= 0.3 is 0 Å². The van der Waals surface area contributed by atoms with Gasteiger partial charge in [0, 0.05) is 5.56 Å². The first-order valence-corrected chi connectivity index (χ1v) is 9.65. The zero-order valence-corrected chi connectivity index (χ0v) is 16.9. The van der Waals surface area contributed by atoms with Crippen LogP contribution in [0, 0.1) is 0 Å². The molecular weight excluding hydrogens is 366 g/mol. The Kier molecular flexibility index (Phi) is 9.15. The van der Waals surface area contributed by atoms with Gasteiger partial charge in [0.05, 0.1) is 19.4 Å². The lowest BCUT2D eigenvalue weighted by Crippen LogP contribution is -2.34. The number of unbranched alkanes of at least 4 members (excludes halogenated alkanes) is 1. The zero-order valence-electron chi connectivity index (χ0n) is 16.9. The molecule has 0 radical (unpaired) electrons. The minimum Gasteiger partial charge on any atom is -0.494 e. The number of nitrogens with zero attached hydrogens (tertiary/aromatic N) is 1. The van der Waals surface area contributed by atoms with Gasteiger partial charge in [0.25, 0.3) is 11.8 Å². The van der Waals surface area contributed by atoms with Crippen molar-refractivity contribution in [3.8, 4) is 5.75 Å². The van der Waals surface area contributed by atoms with E-state index in [0.717, 1.165) is 29.7 Å². The topological polar surface area (TPSA) is 79.8 Å². The Morgan fingerprint density at radius 3 is 2.48 bits per heavy atom. The molecule has 0 aliphatic rings. The summed E-state index contributed by atoms with van der Waals surface area (Å²) in [5, 5.41) is 6.47. The fourth-order valence-corrected chi connectivity index (χ4v) is 2.39. The van der Waals surface area contributed by atoms with Gasteiger partial charge in [-0.15, -0.1) is 0 Å². The smallest absolute Gasteiger partial charge is 0.259 e. The molecule has 6 heteroatoms. The fraction of sp³-hybridized carbons (Fsp3) is 0.261. The highest BCUT2D eigenvalue weighted by atomic mass is 16.5. The molecule has 0 heterocycles. The molecule has 2 rings (SSSR count). The Hall–Kier alpha value is -3.41. The average molecular weight is 393 g/mol. The number of amides is 2. The summed E-state index contributed by atoms with van der Waals surface area (Å²) in [5.74, 6) is -0.00738. The predicted octanol–water partition coefficient (Wildman–Crippen LogP) is 3.80. The Labute approximate surface area is 171 Å². The van der Waals surface area contributed by atoms with Crippen molar-refractivity contribution in [1.29, 1.82) is 0 Å². The van der Waals surface area contributed by atoms with E-state index in [9.17, 15) is 9.59 Å². The van der Waals surface area contributed by atoms with E-state index in [1.54, 1.807) is 30.5 Å². The molecule has 0 spiro atoms. The molecule has 0 saturated heterocycles. The van der Waals surface area contributed by atoms with Gasteiger partial charge in [0.1, 0.15) is 5.75 Å². The minimum absolute atomic E-state index is 0.160. The van der Waals surface area contributed by atoms with E-state index in [1.165, 1.54) is 0 Å². The van der Waals surface area contributed by atoms with Crippen molar-refractivity contribution in [1.82, 2.24) is 10.7 Å². The molecule has 2 aromatic carbocycles. The molecule has 0 atom stereocenters. The summed E-state index contributed by atoms with van der Waals surface area (Å²) in [6, 6.07) is 16.7. The minimum atomic E-state index is -0.401. The average Bonchev–Trinajstić information content (AvgIpc) is 2.73. The molecule has 0 saturated carbocycles. The van der Waals surface area contributed by atoms with Crippen LogP contribution in [0.15, 0.2) is 65.3 Å². The highest BCUT2D eigenvalue weighted by Gasteiger charge is 2.07. The number of allylic oxidation sites excluding steroid dienone is 1. The maximum Gasteiger partial charge on any atom is 0.259 e. The summed E-state index contributed by atoms with van der Waals surface area (Å²) in [6.45, 7) is 4.48. The highest BCUT2D eigenvalue weighted by molar-refractivity contribution is 5.96. The summed E-state index contributed by atoms with van der Waals surface area (Å²) in [6.07, 6.45) is 5.56. The van der Waals surface area contributed by atoms with Crippen LogP contribution in [0.3, 0.4) is 0 Å². The number of hydrogen-bond acceptors (Lipinski definition) is 4. The third-order valence-corrected chi connectivity index (χ3v) is 3.94. The number of nitrogens with one attached hydrogen (secondary N) is 2. The molecule has 0 aliphatic heterocycles. The van der Waals surface area contributed by atoms with E-state index in [4.69, 9.17) is 4.74 Å². The van der Waals surface area contributed by atoms with Crippen molar-refractivity contribution in [3.05, 3.63) is 71.3 Å². The monoisotopic (exact) mass is 393 g/mol. The third-order valence-electron chi connectivity index (χ3n) is 3.94. The van der Waals surface area contributed by atoms with Gasteiger partial charge in [-0.3, -0.25) is 9.59 Å². The second kappa shape index (κ2) is 12.1. The summed E-state index contributed by atoms with van der Waals surface area (Å²) in [4.78, 5) is 24.0. The molecule has 0 aliphatic carbocycles. The first-order chi connectivity index (χ1) is 14.1. The second-order valence-electron chi connectivity index (χ2n) is 6.50. The molecule has 2 aromatic rings. The Morgan fingerprint density at radius 2 is 1.79 bits per heavy atom. The van der Waals surface area contributed by atoms with Crippen LogP contribution in [0.25, 0.3) is 6.08 Å². The van der Waals surface area contributed by atoms with Crippen LogP contribution in [0.1, 0.15) is 42.6 Å². The van der Waals surface area contributed by atoms with Crippen LogP contribution in [0.2, 0.25) is 0 Å². The maximum absolute atomic E-state index is 12.1. The molecule has 0 bridgehead atoms. The summed E-state index contributed by atoms with van der Waals surface area (Å²) in [5.41, 5.74) is 4.81. The lowest BCUT2D eigenvalue weighted by Gasteiger charge is -2.07. The first kappa shape index (κ1) is 21.9. The second-order valence-corrected chi connectivity index (χ2v) is 6.50. The van der Waals surface area contributed by atoms with Crippen molar-refractivity contribution < 1.29 is 14.3 Å². The van der Waals surface area contributed by atoms with Gasteiger partial charge in [-0.25, -0.2) is 5.43 Å². The Morgan fingerprint density at radius 1 is 1.07 bits per heavy atom. The predicted molar refractivity (Wildman–Crippen MR) is 116 cm³/mol. The van der Waals surface area contributed by atoms with E-state index < -0.39 is 5.91 Å². The van der Waals surface area contributed by atoms with Crippen LogP contribution < -0.4 is 15.5 Å². The number of rotatable bonds is 10. The van der Waals surface area contributed by atoms with Gasteiger partial charge in [-0.05, 0) is 48.7 Å². The van der Waals surface area contributed by atoms with Gasteiger partial charge in [-0.1, -0.05) is 49.8 Å². The largest absolute Gasteiger partial charge is 0.494 e. The van der Waals surface area contributed by atoms with E-state index in [-0.39, 0.29) is 12.5 Å². The Bertz CT molecular complexity index is 843. The van der Waals surface area contributed by atoms with Gasteiger partial charge in [-0.2, -0.15) is 5.10 Å². The van der Waals surface area contributed by atoms with E-state index in [2.05, 4.69) is 22.8 Å². The molecule has 2 amide bonds. The van der Waals surface area contributed by atoms with Crippen molar-refractivity contribution in [2.75, 3.05) is 13.2 Å². The van der Waals surface area contributed by atoms with Crippen LogP contribution in [-0.4, -0.2) is 31.2 Å². The summed E-state index contributed by atoms with van der Waals surface area (Å²) < 4.78 is 5.56. The summed E-state index contributed by atoms with van der Waals surface area (Å²) >= 11 is 0. The lowest BCUT2D eigenvalue weighted by molar-refractivity contribution is -0.120. The van der Waals surface area contributed by atoms with Gasteiger partial charge in [0.15, 0.2) is 0 Å². The quantitative estimate of drug-likeness (QED) is 0.366. The van der Waals surface area contributed by atoms with E-state index >= 15 is 0 Å². The fourth-order valence-electron chi connectivity index (χ4n) is 2.39. The van der Waals surface area contributed by atoms with Crippen LogP contribution in [-0.2, 0) is 4.79 Å². The summed E-state index contributed by atoms with van der Waals surface area (Å²) in [7, 11) is 0. The first-order valence-electron chi connectivity index (χ1n) is 9.65. The molecule has 0 fully saturated rings. The molecule has 2 N–H and O–H groups in total. The normalized spacial score (nSPS) is 11.3. The number of carbonyl (C=O) groups is 2. The van der Waals surface area contributed by atoms with Crippen molar-refractivity contribution in [3.63, 3.8) is 0 Å². The highest BCUT2D eigenvalue weighted by Crippen LogP contribution is 2.12. The SMILES string of the molecule is CCCCOc1ccc(C(=O)NCC(=O)N/N=C\C(C)=C/c2ccccc2)cc1. The van der Waals surface area contributed by atoms with E-state index in [1.807, 2.05) is 43.3 Å². The number of benzene rings is 2. The molecule has 152 valence electrons. The van der Waals surface area contributed by atoms with Gasteiger partial charge < -0.3 is 10.1 Å². The maximum atomic E-state index is 12.1. The van der Waals surface area contributed by atoms with Crippen LogP contribution in [0.5, 0.6) is 5.75 Å². The molecule has 0 aromatic heterocycles. The molecular formula is C23H27N3O3. The molecule has 6 nitrogen and oxygen atoms in total. The Balaban J connectivity index is 1.74. The number of hydrazone groups is 1. The number of ether oxygens (including phenoxy) is 1. The van der Waals surface area contributed by atoms with Crippen molar-refractivity contribution >= 4 is 24.1 Å². The van der Waals surface area contributed by atoms with Crippen LogP contribution >= 0.6 is 0 Å². The van der Waals surface area contributed by atoms with Crippen LogP contribution in [0.4, 0.5) is 0 Å². The molecule has 29 heavy (non-hydrogen) atoms. The third kappa shape index (κ3) is 8.43. The zero-order chi connectivity index (χ0) is 20.9. The lowest BCUT2D eigenvalue weighted by atomic mass is 10.1. The van der Waals surface area contributed by atoms with Crippen molar-refractivity contribution in [2.24, 2.45) is 5.10 Å². The van der Waals surface area contributed by atoms with Gasteiger partial charge in [0.2, 0.25) is 0 Å². The number of carbonyl (C=O) groups excluding carboxylic acids is 2. The van der Waals surface area contributed by atoms with Crippen molar-refractivity contribution in [2.45, 2.75) is 26.7 Å². The molecule has 0 unspecified atom stereocenters. The van der Waals surface area contributed by atoms with E-state index in [0.29, 0.717) is 12.2 Å².